The molecule has 0 unspecified atom stereocenters. The molecule has 0 aliphatic heterocycles. The summed E-state index contributed by atoms with van der Waals surface area (Å²) in [5.74, 6) is -0.684. The van der Waals surface area contributed by atoms with Crippen molar-refractivity contribution in [2.24, 2.45) is 0 Å². The second kappa shape index (κ2) is 17.9. The number of rotatable bonds is 10. The van der Waals surface area contributed by atoms with E-state index in [1.54, 1.807) is 12.1 Å². The molecule has 0 aromatic heterocycles. The summed E-state index contributed by atoms with van der Waals surface area (Å²) in [5.41, 5.74) is 11.0. The third-order valence-electron chi connectivity index (χ3n) is 14.1. The fraction of sp³-hybridized carbons (Fsp3) is 0. The van der Waals surface area contributed by atoms with Crippen LogP contribution in [0.1, 0.15) is 0 Å². The van der Waals surface area contributed by atoms with Gasteiger partial charge < -0.3 is 9.80 Å². The highest BCUT2D eigenvalue weighted by Crippen LogP contribution is 2.53. The normalized spacial score (nSPS) is 11.5. The topological polar surface area (TPSA) is 6.48 Å². The minimum Gasteiger partial charge on any atom is -0.307 e. The van der Waals surface area contributed by atoms with Crippen molar-refractivity contribution >= 4 is 77.2 Å². The van der Waals surface area contributed by atoms with Gasteiger partial charge in [-0.3, -0.25) is 0 Å². The van der Waals surface area contributed by atoms with Crippen molar-refractivity contribution < 1.29 is 8.78 Å². The lowest BCUT2D eigenvalue weighted by molar-refractivity contribution is 0.629. The van der Waals surface area contributed by atoms with Crippen LogP contribution in [0.25, 0.3) is 87.6 Å². The van der Waals surface area contributed by atoms with Crippen LogP contribution in [0, 0.1) is 11.6 Å². The molecule has 0 amide bonds. The van der Waals surface area contributed by atoms with E-state index in [0.29, 0.717) is 11.4 Å². The number of halogens is 2. The zero-order chi connectivity index (χ0) is 48.1. The first kappa shape index (κ1) is 42.7. The Morgan fingerprint density at radius 1 is 0.236 bits per heavy atom. The molecule has 0 bridgehead atoms. The maximum atomic E-state index is 17.8. The van der Waals surface area contributed by atoms with E-state index in [1.807, 2.05) is 182 Å². The zero-order valence-corrected chi connectivity index (χ0v) is 39.1. The van der Waals surface area contributed by atoms with Crippen molar-refractivity contribution in [3.05, 3.63) is 279 Å². The van der Waals surface area contributed by atoms with Gasteiger partial charge in [-0.15, -0.1) is 0 Å². The summed E-state index contributed by atoms with van der Waals surface area (Å²) < 4.78 is 35.6. The summed E-state index contributed by atoms with van der Waals surface area (Å²) in [7, 11) is 0. The largest absolute Gasteiger partial charge is 0.307 e. The van der Waals surface area contributed by atoms with Crippen LogP contribution < -0.4 is 9.80 Å². The van der Waals surface area contributed by atoms with E-state index in [0.717, 1.165) is 110 Å². The number of benzene rings is 13. The standard InChI is InChI=1S/C68H44F2N2/c69-61-43-49(45-21-7-1-8-22-45)41-59(47-25-11-3-12-26-47)67(61)71(51-29-15-5-16-30-51)63-39-37-55-53-33-19-20-34-54(53)56-38-40-64(58-36-35-57(63)65(55)66(56)58)72(52-31-17-6-18-32-52)68-60(48-27-13-4-14-28-48)42-50(44-62(68)70)46-23-9-2-10-24-46/h1-44H. The summed E-state index contributed by atoms with van der Waals surface area (Å²) in [6.07, 6.45) is 0. The second-order valence-electron chi connectivity index (χ2n) is 18.2. The average Bonchev–Trinajstić information content (AvgIpc) is 3.45. The molecule has 4 heteroatoms. The number of fused-ring (bicyclic) bond motifs is 3. The second-order valence-corrected chi connectivity index (χ2v) is 18.2. The Labute approximate surface area is 416 Å². The highest BCUT2D eigenvalue weighted by atomic mass is 19.1. The van der Waals surface area contributed by atoms with E-state index in [4.69, 9.17) is 0 Å². The van der Waals surface area contributed by atoms with E-state index < -0.39 is 0 Å². The van der Waals surface area contributed by atoms with Crippen LogP contribution in [0.3, 0.4) is 0 Å². The summed E-state index contributed by atoms with van der Waals surface area (Å²) in [6.45, 7) is 0. The van der Waals surface area contributed by atoms with E-state index in [2.05, 4.69) is 82.6 Å². The lowest BCUT2D eigenvalue weighted by Crippen LogP contribution is -2.15. The van der Waals surface area contributed by atoms with Gasteiger partial charge in [-0.1, -0.05) is 206 Å². The first-order chi connectivity index (χ1) is 35.6. The quantitative estimate of drug-likeness (QED) is 0.0996. The van der Waals surface area contributed by atoms with Crippen LogP contribution in [0.5, 0.6) is 0 Å². The lowest BCUT2D eigenvalue weighted by atomic mass is 9.87. The predicted molar refractivity (Wildman–Crippen MR) is 299 cm³/mol. The van der Waals surface area contributed by atoms with Gasteiger partial charge in [0.1, 0.15) is 11.6 Å². The SMILES string of the molecule is Fc1cc(-c2ccccc2)cc(-c2ccccc2)c1N(c1ccccc1)c1ccc2c3ccccc3c3ccc(N(c4ccccc4)c4c(F)cc(-c5ccccc5)cc4-c4ccccc4)c4ccc1c2c43. The Morgan fingerprint density at radius 2 is 0.542 bits per heavy atom. The molecule has 13 aromatic carbocycles. The molecule has 0 aliphatic rings. The summed E-state index contributed by atoms with van der Waals surface area (Å²) >= 11 is 0. The van der Waals surface area contributed by atoms with Gasteiger partial charge >= 0.3 is 0 Å². The molecule has 13 rings (SSSR count). The van der Waals surface area contributed by atoms with E-state index in [1.165, 1.54) is 0 Å². The van der Waals surface area contributed by atoms with E-state index in [-0.39, 0.29) is 11.6 Å². The smallest absolute Gasteiger partial charge is 0.148 e. The maximum Gasteiger partial charge on any atom is 0.148 e. The Bertz CT molecular complexity index is 3820. The van der Waals surface area contributed by atoms with Gasteiger partial charge in [0.25, 0.3) is 0 Å². The third-order valence-corrected chi connectivity index (χ3v) is 14.1. The molecule has 0 radical (unpaired) electrons. The average molecular weight is 927 g/mol. The first-order valence-electron chi connectivity index (χ1n) is 24.3. The number of nitrogens with zero attached hydrogens (tertiary/aromatic N) is 2. The van der Waals surface area contributed by atoms with Gasteiger partial charge in [-0.05, 0) is 116 Å². The minimum absolute atomic E-state index is 0.342. The number of anilines is 6. The fourth-order valence-corrected chi connectivity index (χ4v) is 10.9. The highest BCUT2D eigenvalue weighted by Gasteiger charge is 2.29. The van der Waals surface area contributed by atoms with Crippen LogP contribution in [0.15, 0.2) is 267 Å². The molecule has 2 nitrogen and oxygen atoms in total. The van der Waals surface area contributed by atoms with Crippen molar-refractivity contribution in [2.75, 3.05) is 9.80 Å². The molecular formula is C68H44F2N2. The summed E-state index contributed by atoms with van der Waals surface area (Å²) in [5, 5.41) is 8.38. The molecule has 0 saturated carbocycles. The van der Waals surface area contributed by atoms with Gasteiger partial charge in [-0.2, -0.15) is 0 Å². The Hall–Kier alpha value is -9.38. The monoisotopic (exact) mass is 926 g/mol. The highest BCUT2D eigenvalue weighted by molar-refractivity contribution is 6.36. The molecule has 0 aliphatic carbocycles. The van der Waals surface area contributed by atoms with E-state index >= 15 is 8.78 Å². The predicted octanol–water partition coefficient (Wildman–Crippen LogP) is 19.6. The van der Waals surface area contributed by atoms with Crippen molar-refractivity contribution in [3.8, 4) is 44.5 Å². The molecule has 72 heavy (non-hydrogen) atoms. The van der Waals surface area contributed by atoms with Crippen LogP contribution >= 0.6 is 0 Å². The fourth-order valence-electron chi connectivity index (χ4n) is 10.9. The molecule has 0 saturated heterocycles. The molecule has 0 heterocycles. The van der Waals surface area contributed by atoms with Crippen LogP contribution in [-0.2, 0) is 0 Å². The van der Waals surface area contributed by atoms with Gasteiger partial charge in [0.15, 0.2) is 0 Å². The Kier molecular flexibility index (Phi) is 10.6. The van der Waals surface area contributed by atoms with Gasteiger partial charge in [-0.25, -0.2) is 8.78 Å². The number of para-hydroxylation sites is 2. The molecule has 340 valence electrons. The summed E-state index contributed by atoms with van der Waals surface area (Å²) in [6, 6.07) is 89.5. The maximum absolute atomic E-state index is 17.8. The number of hydrogen-bond donors (Lipinski definition) is 0. The Morgan fingerprint density at radius 3 is 0.903 bits per heavy atom. The van der Waals surface area contributed by atoms with Gasteiger partial charge in [0.05, 0.1) is 22.7 Å². The molecule has 0 spiro atoms. The number of hydrogen-bond acceptors (Lipinski definition) is 2. The zero-order valence-electron chi connectivity index (χ0n) is 39.1. The summed E-state index contributed by atoms with van der Waals surface area (Å²) in [4.78, 5) is 4.18. The lowest BCUT2D eigenvalue weighted by Gasteiger charge is -2.32. The molecule has 0 atom stereocenters. The first-order valence-corrected chi connectivity index (χ1v) is 24.3. The van der Waals surface area contributed by atoms with Crippen LogP contribution in [-0.4, -0.2) is 0 Å². The van der Waals surface area contributed by atoms with Crippen molar-refractivity contribution in [3.63, 3.8) is 0 Å². The minimum atomic E-state index is -0.342. The van der Waals surface area contributed by atoms with Crippen LogP contribution in [0.4, 0.5) is 42.9 Å². The van der Waals surface area contributed by atoms with Crippen LogP contribution in [0.2, 0.25) is 0 Å². The Balaban J connectivity index is 1.11. The van der Waals surface area contributed by atoms with Gasteiger partial charge in [0, 0.05) is 44.0 Å². The molecule has 0 N–H and O–H groups in total. The third kappa shape index (κ3) is 7.23. The van der Waals surface area contributed by atoms with Crippen molar-refractivity contribution in [1.82, 2.24) is 0 Å². The van der Waals surface area contributed by atoms with Gasteiger partial charge in [0.2, 0.25) is 0 Å². The molecular weight excluding hydrogens is 883 g/mol. The van der Waals surface area contributed by atoms with Crippen molar-refractivity contribution in [2.45, 2.75) is 0 Å². The van der Waals surface area contributed by atoms with E-state index in [9.17, 15) is 0 Å². The molecule has 13 aromatic rings. The van der Waals surface area contributed by atoms with Crippen molar-refractivity contribution in [1.29, 1.82) is 0 Å². The molecule has 0 fully saturated rings.